The fourth-order valence-corrected chi connectivity index (χ4v) is 3.88. The monoisotopic (exact) mass is 652 g/mol. The van der Waals surface area contributed by atoms with E-state index in [-0.39, 0.29) is 95.4 Å². The van der Waals surface area contributed by atoms with Crippen LogP contribution < -0.4 is 51.4 Å². The first-order chi connectivity index (χ1) is 20.3. The Balaban J connectivity index is -0.000000286. The van der Waals surface area contributed by atoms with Crippen molar-refractivity contribution in [3.63, 3.8) is 0 Å². The zero-order valence-electron chi connectivity index (χ0n) is 25.9. The fraction of sp³-hybridized carbons (Fsp3) is 0.303. The first kappa shape index (κ1) is 46.5. The van der Waals surface area contributed by atoms with E-state index in [1.807, 2.05) is 49.4 Å². The summed E-state index contributed by atoms with van der Waals surface area (Å²) in [6.45, 7) is 3.42. The number of hydrogen-bond acceptors (Lipinski definition) is 8. The average Bonchev–Trinajstić information content (AvgIpc) is 3.01. The van der Waals surface area contributed by atoms with Crippen LogP contribution in [0, 0.1) is 11.1 Å². The van der Waals surface area contributed by atoms with Gasteiger partial charge in [0.05, 0.1) is 19.6 Å². The van der Waals surface area contributed by atoms with Crippen molar-refractivity contribution < 1.29 is 98.2 Å². The summed E-state index contributed by atoms with van der Waals surface area (Å²) >= 11 is 0. The molecule has 45 heavy (non-hydrogen) atoms. The van der Waals surface area contributed by atoms with Crippen LogP contribution in [0.2, 0.25) is 0 Å². The number of carboxylic acid groups (broad SMARTS) is 2. The molecule has 8 N–H and O–H groups in total. The van der Waals surface area contributed by atoms with Gasteiger partial charge in [-0.3, -0.25) is 14.4 Å². The second kappa shape index (κ2) is 28.6. The van der Waals surface area contributed by atoms with Gasteiger partial charge in [-0.25, -0.2) is 11.1 Å². The number of carboxylic acids is 2. The second-order valence-electron chi connectivity index (χ2n) is 9.14. The minimum absolute atomic E-state index is 0. The molecule has 4 rings (SSSR count). The Hall–Kier alpha value is -2.91. The Morgan fingerprint density at radius 3 is 1.76 bits per heavy atom. The number of rotatable bonds is 12. The van der Waals surface area contributed by atoms with E-state index in [1.165, 1.54) is 16.3 Å². The third-order valence-corrected chi connectivity index (χ3v) is 5.89. The van der Waals surface area contributed by atoms with E-state index in [2.05, 4.69) is 30.3 Å². The Kier molecular flexibility index (Phi) is 29.5. The van der Waals surface area contributed by atoms with Crippen LogP contribution >= 0.6 is 0 Å². The SMILES string of the molecule is CCCOCCO.N=N.O.O=C(O)CCC(=O)c1ccc2ccccc2c1.O=C(O)CCCc1ccc2ccccc2c1.[HH].[K+].[OH-]. The molecule has 0 unspecified atom stereocenters. The molecule has 4 aromatic carbocycles. The van der Waals surface area contributed by atoms with Gasteiger partial charge in [-0.2, -0.15) is 0 Å². The van der Waals surface area contributed by atoms with Crippen molar-refractivity contribution in [2.45, 2.75) is 45.4 Å². The number of aliphatic carboxylic acids is 2. The third kappa shape index (κ3) is 20.0. The largest absolute Gasteiger partial charge is 1.00 e. The minimum atomic E-state index is -0.945. The molecule has 0 heterocycles. The number of hydrogen-bond donors (Lipinski definition) is 5. The van der Waals surface area contributed by atoms with E-state index < -0.39 is 11.9 Å². The number of benzene rings is 4. The molecule has 0 amide bonds. The van der Waals surface area contributed by atoms with Crippen molar-refractivity contribution in [1.29, 1.82) is 11.1 Å². The molecular formula is C33H45KN2O9. The molecule has 0 aliphatic heterocycles. The fourth-order valence-electron chi connectivity index (χ4n) is 3.88. The Morgan fingerprint density at radius 2 is 1.24 bits per heavy atom. The number of ether oxygens (including phenoxy) is 1. The number of aliphatic hydroxyl groups is 1. The maximum Gasteiger partial charge on any atom is 1.00 e. The number of carbonyl (C=O) groups is 3. The molecule has 242 valence electrons. The number of aliphatic hydroxyl groups excluding tert-OH is 1. The minimum Gasteiger partial charge on any atom is -0.870 e. The summed E-state index contributed by atoms with van der Waals surface area (Å²) in [5, 5.41) is 29.8. The van der Waals surface area contributed by atoms with E-state index in [0.29, 0.717) is 18.6 Å². The first-order valence-electron chi connectivity index (χ1n) is 13.7. The molecule has 12 heteroatoms. The van der Waals surface area contributed by atoms with Gasteiger partial charge in [0.15, 0.2) is 5.78 Å². The number of Topliss-reactive ketones (excluding diaryl/α,β-unsaturated/α-hetero) is 1. The predicted molar refractivity (Wildman–Crippen MR) is 171 cm³/mol. The first-order valence-corrected chi connectivity index (χ1v) is 13.7. The molecule has 0 fully saturated rings. The third-order valence-electron chi connectivity index (χ3n) is 5.89. The van der Waals surface area contributed by atoms with Gasteiger partial charge in [0.2, 0.25) is 0 Å². The molecule has 4 aromatic rings. The van der Waals surface area contributed by atoms with Crippen molar-refractivity contribution in [3.05, 3.63) is 96.1 Å². The van der Waals surface area contributed by atoms with Crippen LogP contribution in [0.1, 0.15) is 56.4 Å². The smallest absolute Gasteiger partial charge is 0.870 e. The van der Waals surface area contributed by atoms with Crippen LogP contribution in [0.25, 0.3) is 21.5 Å². The zero-order chi connectivity index (χ0) is 31.2. The van der Waals surface area contributed by atoms with Gasteiger partial charge >= 0.3 is 63.3 Å². The predicted octanol–water partition coefficient (Wildman–Crippen LogP) is 3.38. The van der Waals surface area contributed by atoms with Crippen LogP contribution in [0.4, 0.5) is 0 Å². The Bertz CT molecular complexity index is 1410. The van der Waals surface area contributed by atoms with Crippen LogP contribution in [-0.2, 0) is 20.7 Å². The van der Waals surface area contributed by atoms with Gasteiger partial charge in [-0.15, -0.1) is 0 Å². The normalized spacial score (nSPS) is 9.20. The van der Waals surface area contributed by atoms with Gasteiger partial charge in [0.1, 0.15) is 0 Å². The van der Waals surface area contributed by atoms with E-state index >= 15 is 0 Å². The van der Waals surface area contributed by atoms with Gasteiger partial charge in [-0.05, 0) is 52.4 Å². The molecule has 0 spiro atoms. The standard InChI is InChI=1S/C14H12O3.C14H14O2.C5H12O2.K.H2N2.2H2O.H2/c15-13(7-8-14(16)17)12-6-5-10-3-1-2-4-11(10)9-12;15-14(16)7-3-4-11-8-9-12-5-1-2-6-13(12)10-11;1-2-4-7-5-3-6;;1-2;;;/h1-6,9H,7-8H2,(H,16,17);1-2,5-6,8-10H,3-4,7H2,(H,15,16);6H,2-5H2,1H3;;1-2H;2*1H2;1H/q;;;+1;;;;/p-1. The summed E-state index contributed by atoms with van der Waals surface area (Å²) in [5.74, 6) is -1.79. The summed E-state index contributed by atoms with van der Waals surface area (Å²) < 4.78 is 4.88. The quantitative estimate of drug-likeness (QED) is 0.0657. The van der Waals surface area contributed by atoms with Crippen molar-refractivity contribution >= 4 is 39.3 Å². The van der Waals surface area contributed by atoms with Crippen LogP contribution in [0.5, 0.6) is 0 Å². The summed E-state index contributed by atoms with van der Waals surface area (Å²) in [5.41, 5.74) is 11.8. The molecule has 0 radical (unpaired) electrons. The van der Waals surface area contributed by atoms with E-state index in [4.69, 9.17) is 31.1 Å². The maximum atomic E-state index is 11.7. The molecule has 0 atom stereocenters. The van der Waals surface area contributed by atoms with Crippen molar-refractivity contribution in [1.82, 2.24) is 0 Å². The number of nitrogens with one attached hydrogen (secondary N) is 2. The average molecular weight is 653 g/mol. The molecule has 0 bridgehead atoms. The van der Waals surface area contributed by atoms with Gasteiger partial charge in [0, 0.05) is 26.4 Å². The Morgan fingerprint density at radius 1 is 0.733 bits per heavy atom. The van der Waals surface area contributed by atoms with Gasteiger partial charge < -0.3 is 31.0 Å². The van der Waals surface area contributed by atoms with E-state index in [9.17, 15) is 14.4 Å². The van der Waals surface area contributed by atoms with Crippen LogP contribution in [-0.4, -0.2) is 63.8 Å². The van der Waals surface area contributed by atoms with Crippen molar-refractivity contribution in [2.24, 2.45) is 0 Å². The Labute approximate surface area is 307 Å². The molecule has 0 aromatic heterocycles. The zero-order valence-corrected chi connectivity index (χ0v) is 29.0. The topological polar surface area (TPSA) is 230 Å². The molecular weight excluding hydrogens is 607 g/mol. The second-order valence-corrected chi connectivity index (χ2v) is 9.14. The molecule has 0 aliphatic rings. The summed E-state index contributed by atoms with van der Waals surface area (Å²) in [6, 6.07) is 27.7. The number of ketones is 1. The number of aryl methyl sites for hydroxylation is 1. The van der Waals surface area contributed by atoms with Crippen LogP contribution in [0.15, 0.2) is 84.9 Å². The van der Waals surface area contributed by atoms with Crippen molar-refractivity contribution in [2.75, 3.05) is 19.8 Å². The molecule has 11 nitrogen and oxygen atoms in total. The molecule has 0 aliphatic carbocycles. The molecule has 0 saturated carbocycles. The summed E-state index contributed by atoms with van der Waals surface area (Å²) in [4.78, 5) is 32.5. The maximum absolute atomic E-state index is 11.7. The van der Waals surface area contributed by atoms with Crippen LogP contribution in [0.3, 0.4) is 0 Å². The summed E-state index contributed by atoms with van der Waals surface area (Å²) in [7, 11) is 0. The summed E-state index contributed by atoms with van der Waals surface area (Å²) in [6.07, 6.45) is 2.73. The number of fused-ring (bicyclic) bond motifs is 2. The van der Waals surface area contributed by atoms with E-state index in [0.717, 1.165) is 30.2 Å². The molecule has 0 saturated heterocycles. The van der Waals surface area contributed by atoms with Gasteiger partial charge in [0.25, 0.3) is 0 Å². The van der Waals surface area contributed by atoms with Crippen molar-refractivity contribution in [3.8, 4) is 0 Å². The number of carbonyl (C=O) groups excluding carboxylic acids is 1. The van der Waals surface area contributed by atoms with E-state index in [1.54, 1.807) is 12.1 Å². The van der Waals surface area contributed by atoms with Gasteiger partial charge in [-0.1, -0.05) is 85.8 Å².